The fourth-order valence-electron chi connectivity index (χ4n) is 1.86. The molecule has 0 saturated carbocycles. The fourth-order valence-corrected chi connectivity index (χ4v) is 3.39. The number of hydrogen-bond donors (Lipinski definition) is 0. The normalized spacial score (nSPS) is 11.2. The van der Waals surface area contributed by atoms with E-state index in [-0.39, 0.29) is 0 Å². The number of nitrogens with zero attached hydrogens (tertiary/aromatic N) is 4. The Hall–Kier alpha value is -1.63. The van der Waals surface area contributed by atoms with Crippen LogP contribution in [0.15, 0.2) is 69.6 Å². The summed E-state index contributed by atoms with van der Waals surface area (Å²) in [5.74, 6) is 0.711. The zero-order valence-corrected chi connectivity index (χ0v) is 15.1. The number of halogens is 2. The topological polar surface area (TPSA) is 43.1 Å². The van der Waals surface area contributed by atoms with Gasteiger partial charge in [-0.25, -0.2) is 0 Å². The molecule has 3 rings (SSSR count). The van der Waals surface area contributed by atoms with E-state index >= 15 is 0 Å². The summed E-state index contributed by atoms with van der Waals surface area (Å²) in [5, 5.41) is 13.9. The smallest absolute Gasteiger partial charge is 0.195 e. The lowest BCUT2D eigenvalue weighted by Crippen LogP contribution is -1.93. The van der Waals surface area contributed by atoms with Crippen LogP contribution >= 0.6 is 39.3 Å². The van der Waals surface area contributed by atoms with Crippen LogP contribution < -0.4 is 0 Å². The number of thioether (sulfide) groups is 1. The molecule has 0 radical (unpaired) electrons. The zero-order chi connectivity index (χ0) is 16.1. The van der Waals surface area contributed by atoms with Gasteiger partial charge in [0.2, 0.25) is 5.16 Å². The minimum Gasteiger partial charge on any atom is -0.195 e. The van der Waals surface area contributed by atoms with E-state index in [4.69, 9.17) is 11.6 Å². The second-order valence-corrected chi connectivity index (χ2v) is 6.81. The average molecular weight is 408 g/mol. The molecule has 0 aliphatic carbocycles. The first-order chi connectivity index (χ1) is 11.2. The maximum atomic E-state index is 6.17. The van der Waals surface area contributed by atoms with Crippen LogP contribution in [0.5, 0.6) is 0 Å². The molecule has 116 valence electrons. The largest absolute Gasteiger partial charge is 0.212 e. The highest BCUT2D eigenvalue weighted by Gasteiger charge is 2.06. The number of hydrogen-bond acceptors (Lipinski definition) is 4. The van der Waals surface area contributed by atoms with Gasteiger partial charge in [-0.3, -0.25) is 0 Å². The lowest BCUT2D eigenvalue weighted by atomic mass is 10.2. The van der Waals surface area contributed by atoms with Crippen LogP contribution in [0.3, 0.4) is 0 Å². The molecule has 1 aromatic heterocycles. The van der Waals surface area contributed by atoms with Crippen molar-refractivity contribution in [1.29, 1.82) is 0 Å². The van der Waals surface area contributed by atoms with Gasteiger partial charge in [0.1, 0.15) is 6.33 Å². The number of benzene rings is 2. The molecule has 0 aliphatic heterocycles. The second kappa shape index (κ2) is 7.77. The van der Waals surface area contributed by atoms with Gasteiger partial charge in [-0.05, 0) is 17.7 Å². The van der Waals surface area contributed by atoms with E-state index in [9.17, 15) is 0 Å². The maximum Gasteiger partial charge on any atom is 0.212 e. The van der Waals surface area contributed by atoms with E-state index in [1.807, 2.05) is 48.5 Å². The van der Waals surface area contributed by atoms with E-state index < -0.39 is 0 Å². The monoisotopic (exact) mass is 406 g/mol. The van der Waals surface area contributed by atoms with Crippen LogP contribution in [-0.2, 0) is 5.75 Å². The Morgan fingerprint density at radius 2 is 1.96 bits per heavy atom. The summed E-state index contributed by atoms with van der Waals surface area (Å²) in [4.78, 5) is 0. The molecule has 0 atom stereocenters. The van der Waals surface area contributed by atoms with Gasteiger partial charge in [0, 0.05) is 20.8 Å². The molecule has 0 bridgehead atoms. The first-order valence-electron chi connectivity index (χ1n) is 6.79. The SMILES string of the molecule is Clc1ccccc1CSc1nncn1/N=C\c1ccccc1Br. The van der Waals surface area contributed by atoms with E-state index in [0.29, 0.717) is 10.9 Å². The summed E-state index contributed by atoms with van der Waals surface area (Å²) >= 11 is 11.2. The highest BCUT2D eigenvalue weighted by molar-refractivity contribution is 9.10. The van der Waals surface area contributed by atoms with Gasteiger partial charge in [-0.2, -0.15) is 9.78 Å². The summed E-state index contributed by atoms with van der Waals surface area (Å²) < 4.78 is 2.64. The molecular weight excluding hydrogens is 396 g/mol. The Morgan fingerprint density at radius 3 is 2.78 bits per heavy atom. The molecule has 0 spiro atoms. The molecule has 3 aromatic rings. The molecule has 0 amide bonds. The van der Waals surface area contributed by atoms with E-state index in [0.717, 1.165) is 20.6 Å². The van der Waals surface area contributed by atoms with Gasteiger partial charge in [0.05, 0.1) is 6.21 Å². The predicted octanol–water partition coefficient (Wildman–Crippen LogP) is 4.87. The van der Waals surface area contributed by atoms with Crippen LogP contribution in [0.2, 0.25) is 5.02 Å². The standard InChI is InChI=1S/C16H12BrClN4S/c17-14-7-3-1-5-12(14)9-20-22-11-19-21-16(22)23-10-13-6-2-4-8-15(13)18/h1-9,11H,10H2/b20-9-. The van der Waals surface area contributed by atoms with Gasteiger partial charge in [-0.15, -0.1) is 10.2 Å². The molecule has 2 aromatic carbocycles. The Labute approximate surface area is 151 Å². The van der Waals surface area contributed by atoms with Crippen molar-refractivity contribution in [2.45, 2.75) is 10.9 Å². The second-order valence-electron chi connectivity index (χ2n) is 4.60. The van der Waals surface area contributed by atoms with Crippen molar-refractivity contribution in [3.63, 3.8) is 0 Å². The van der Waals surface area contributed by atoms with Crippen LogP contribution in [0.25, 0.3) is 0 Å². The quantitative estimate of drug-likeness (QED) is 0.448. The van der Waals surface area contributed by atoms with Gasteiger partial charge in [-0.1, -0.05) is 75.7 Å². The zero-order valence-electron chi connectivity index (χ0n) is 11.9. The molecular formula is C16H12BrClN4S. The minimum absolute atomic E-state index is 0.711. The molecule has 0 unspecified atom stereocenters. The van der Waals surface area contributed by atoms with E-state index in [1.165, 1.54) is 11.8 Å². The number of aromatic nitrogens is 3. The highest BCUT2D eigenvalue weighted by atomic mass is 79.9. The molecule has 0 N–H and O–H groups in total. The predicted molar refractivity (Wildman–Crippen MR) is 98.2 cm³/mol. The Bertz CT molecular complexity index is 834. The molecule has 23 heavy (non-hydrogen) atoms. The Morgan fingerprint density at radius 1 is 1.17 bits per heavy atom. The van der Waals surface area contributed by atoms with Crippen LogP contribution in [0.1, 0.15) is 11.1 Å². The first-order valence-corrected chi connectivity index (χ1v) is 8.95. The van der Waals surface area contributed by atoms with Gasteiger partial charge in [0.25, 0.3) is 0 Å². The highest BCUT2D eigenvalue weighted by Crippen LogP contribution is 2.25. The fraction of sp³-hybridized carbons (Fsp3) is 0.0625. The summed E-state index contributed by atoms with van der Waals surface area (Å²) in [6.45, 7) is 0. The average Bonchev–Trinajstić information content (AvgIpc) is 3.01. The maximum absolute atomic E-state index is 6.17. The summed E-state index contributed by atoms with van der Waals surface area (Å²) in [5.41, 5.74) is 2.05. The Kier molecular flexibility index (Phi) is 5.48. The van der Waals surface area contributed by atoms with Crippen LogP contribution in [0, 0.1) is 0 Å². The third kappa shape index (κ3) is 4.22. The van der Waals surface area contributed by atoms with E-state index in [1.54, 1.807) is 17.2 Å². The van der Waals surface area contributed by atoms with Crippen molar-refractivity contribution >= 4 is 45.5 Å². The minimum atomic E-state index is 0.711. The van der Waals surface area contributed by atoms with Crippen molar-refractivity contribution < 1.29 is 0 Å². The molecule has 0 saturated heterocycles. The van der Waals surface area contributed by atoms with Gasteiger partial charge >= 0.3 is 0 Å². The van der Waals surface area contributed by atoms with Crippen molar-refractivity contribution in [3.8, 4) is 0 Å². The summed E-state index contributed by atoms with van der Waals surface area (Å²) in [6.07, 6.45) is 3.36. The first kappa shape index (κ1) is 16.2. The van der Waals surface area contributed by atoms with Crippen molar-refractivity contribution in [2.75, 3.05) is 0 Å². The van der Waals surface area contributed by atoms with Gasteiger partial charge < -0.3 is 0 Å². The third-order valence-electron chi connectivity index (χ3n) is 3.04. The summed E-state index contributed by atoms with van der Waals surface area (Å²) in [7, 11) is 0. The molecule has 0 aliphatic rings. The van der Waals surface area contributed by atoms with Gasteiger partial charge in [0.15, 0.2) is 0 Å². The molecule has 1 heterocycles. The van der Waals surface area contributed by atoms with E-state index in [2.05, 4.69) is 31.2 Å². The van der Waals surface area contributed by atoms with Crippen molar-refractivity contribution in [1.82, 2.24) is 14.9 Å². The Balaban J connectivity index is 1.73. The lowest BCUT2D eigenvalue weighted by Gasteiger charge is -2.03. The van der Waals surface area contributed by atoms with Crippen molar-refractivity contribution in [2.24, 2.45) is 5.10 Å². The van der Waals surface area contributed by atoms with Crippen molar-refractivity contribution in [3.05, 3.63) is 75.5 Å². The van der Waals surface area contributed by atoms with Crippen LogP contribution in [0.4, 0.5) is 0 Å². The third-order valence-corrected chi connectivity index (χ3v) is 5.11. The van der Waals surface area contributed by atoms with Crippen LogP contribution in [-0.4, -0.2) is 21.1 Å². The number of rotatable bonds is 5. The molecule has 0 fully saturated rings. The molecule has 7 heteroatoms. The molecule has 4 nitrogen and oxygen atoms in total. The summed E-state index contributed by atoms with van der Waals surface area (Å²) in [6, 6.07) is 15.7. The lowest BCUT2D eigenvalue weighted by molar-refractivity contribution is 0.767.